The Morgan fingerprint density at radius 1 is 1.20 bits per heavy atom. The van der Waals surface area contributed by atoms with Crippen LogP contribution < -0.4 is 10.6 Å². The maximum Gasteiger partial charge on any atom is 0.471 e. The van der Waals surface area contributed by atoms with E-state index in [1.807, 2.05) is 0 Å². The molecular formula is C11H9F3N2O4. The molecule has 0 atom stereocenters. The van der Waals surface area contributed by atoms with Crippen LogP contribution in [0, 0.1) is 0 Å². The highest BCUT2D eigenvalue weighted by atomic mass is 19.4. The van der Waals surface area contributed by atoms with Gasteiger partial charge in [0.05, 0.1) is 12.1 Å². The third-order valence-corrected chi connectivity index (χ3v) is 2.06. The number of hydrogen-bond donors (Lipinski definition) is 3. The summed E-state index contributed by atoms with van der Waals surface area (Å²) in [4.78, 5) is 32.4. The lowest BCUT2D eigenvalue weighted by molar-refractivity contribution is -0.173. The topological polar surface area (TPSA) is 95.5 Å². The summed E-state index contributed by atoms with van der Waals surface area (Å²) in [5, 5.41) is 12.3. The normalized spacial score (nSPS) is 10.8. The van der Waals surface area contributed by atoms with E-state index in [0.29, 0.717) is 0 Å². The second kappa shape index (κ2) is 6.04. The van der Waals surface area contributed by atoms with Crippen LogP contribution in [0.1, 0.15) is 10.4 Å². The van der Waals surface area contributed by atoms with Gasteiger partial charge in [0, 0.05) is 5.69 Å². The Kier molecular flexibility index (Phi) is 4.68. The van der Waals surface area contributed by atoms with Crippen molar-refractivity contribution in [3.63, 3.8) is 0 Å². The third kappa shape index (κ3) is 4.59. The van der Waals surface area contributed by atoms with Gasteiger partial charge in [0.1, 0.15) is 0 Å². The zero-order valence-corrected chi connectivity index (χ0v) is 9.82. The van der Waals surface area contributed by atoms with E-state index in [9.17, 15) is 27.6 Å². The van der Waals surface area contributed by atoms with Gasteiger partial charge in [-0.15, -0.1) is 0 Å². The van der Waals surface area contributed by atoms with Gasteiger partial charge in [-0.2, -0.15) is 13.2 Å². The molecule has 9 heteroatoms. The van der Waals surface area contributed by atoms with Gasteiger partial charge < -0.3 is 15.7 Å². The number of carboxylic acid groups (broad SMARTS) is 1. The number of carbonyl (C=O) groups is 3. The molecule has 1 aromatic rings. The van der Waals surface area contributed by atoms with E-state index in [1.165, 1.54) is 23.5 Å². The van der Waals surface area contributed by atoms with Gasteiger partial charge in [0.2, 0.25) is 5.91 Å². The molecule has 0 spiro atoms. The number of halogens is 3. The van der Waals surface area contributed by atoms with Gasteiger partial charge in [-0.05, 0) is 18.2 Å². The molecule has 0 aliphatic rings. The molecular weight excluding hydrogens is 281 g/mol. The minimum absolute atomic E-state index is 0.0937. The molecule has 6 nitrogen and oxygen atoms in total. The largest absolute Gasteiger partial charge is 0.478 e. The molecule has 0 heterocycles. The van der Waals surface area contributed by atoms with Crippen molar-refractivity contribution in [2.75, 3.05) is 11.9 Å². The van der Waals surface area contributed by atoms with Crippen molar-refractivity contribution in [1.82, 2.24) is 5.32 Å². The first-order valence-corrected chi connectivity index (χ1v) is 5.18. The lowest BCUT2D eigenvalue weighted by atomic mass is 10.2. The van der Waals surface area contributed by atoms with Crippen molar-refractivity contribution in [2.24, 2.45) is 0 Å². The zero-order valence-electron chi connectivity index (χ0n) is 9.82. The van der Waals surface area contributed by atoms with E-state index < -0.39 is 30.5 Å². The number of nitrogens with one attached hydrogen (secondary N) is 2. The highest BCUT2D eigenvalue weighted by Gasteiger charge is 2.38. The van der Waals surface area contributed by atoms with E-state index in [4.69, 9.17) is 5.11 Å². The van der Waals surface area contributed by atoms with Crippen LogP contribution >= 0.6 is 0 Å². The van der Waals surface area contributed by atoms with Crippen molar-refractivity contribution >= 4 is 23.5 Å². The molecule has 0 bridgehead atoms. The first-order valence-electron chi connectivity index (χ1n) is 5.18. The number of carbonyl (C=O) groups excluding carboxylic acids is 2. The van der Waals surface area contributed by atoms with Gasteiger partial charge in [-0.1, -0.05) is 6.07 Å². The van der Waals surface area contributed by atoms with Crippen LogP contribution in [0.25, 0.3) is 0 Å². The standard InChI is InChI=1S/C11H9F3N2O4/c12-11(13,14)10(20)15-5-8(17)16-7-3-1-2-6(4-7)9(18)19/h1-4H,5H2,(H,15,20)(H,16,17)(H,18,19). The highest BCUT2D eigenvalue weighted by molar-refractivity contribution is 5.96. The van der Waals surface area contributed by atoms with Crippen LogP contribution in [-0.4, -0.2) is 35.6 Å². The molecule has 1 rings (SSSR count). The van der Waals surface area contributed by atoms with Crippen LogP contribution in [0.2, 0.25) is 0 Å². The molecule has 0 radical (unpaired) electrons. The van der Waals surface area contributed by atoms with Crippen molar-refractivity contribution in [3.8, 4) is 0 Å². The summed E-state index contributed by atoms with van der Waals surface area (Å²) in [5.41, 5.74) is -0.00159. The Morgan fingerprint density at radius 3 is 2.40 bits per heavy atom. The Bertz CT molecular complexity index is 543. The molecule has 0 aliphatic heterocycles. The van der Waals surface area contributed by atoms with E-state index in [2.05, 4.69) is 5.32 Å². The van der Waals surface area contributed by atoms with Crippen molar-refractivity contribution in [1.29, 1.82) is 0 Å². The number of carboxylic acids is 1. The van der Waals surface area contributed by atoms with E-state index in [1.54, 1.807) is 0 Å². The maximum absolute atomic E-state index is 11.9. The number of benzene rings is 1. The molecule has 108 valence electrons. The molecule has 2 amide bonds. The van der Waals surface area contributed by atoms with Crippen LogP contribution in [0.15, 0.2) is 24.3 Å². The second-order valence-electron chi connectivity index (χ2n) is 3.61. The molecule has 3 N–H and O–H groups in total. The van der Waals surface area contributed by atoms with Crippen LogP contribution in [0.5, 0.6) is 0 Å². The maximum atomic E-state index is 11.9. The summed E-state index contributed by atoms with van der Waals surface area (Å²) in [6.45, 7) is -0.879. The summed E-state index contributed by atoms with van der Waals surface area (Å²) in [5.74, 6) is -4.36. The SMILES string of the molecule is O=C(CNC(=O)C(F)(F)F)Nc1cccc(C(=O)O)c1. The number of amides is 2. The summed E-state index contributed by atoms with van der Waals surface area (Å²) in [6.07, 6.45) is -5.07. The molecule has 0 aromatic heterocycles. The predicted molar refractivity (Wildman–Crippen MR) is 61.1 cm³/mol. The van der Waals surface area contributed by atoms with Gasteiger partial charge in [0.25, 0.3) is 0 Å². The van der Waals surface area contributed by atoms with Gasteiger partial charge in [0.15, 0.2) is 0 Å². The van der Waals surface area contributed by atoms with Gasteiger partial charge >= 0.3 is 18.1 Å². The zero-order chi connectivity index (χ0) is 15.3. The Morgan fingerprint density at radius 2 is 1.85 bits per heavy atom. The predicted octanol–water partition coefficient (Wildman–Crippen LogP) is 1.00. The Balaban J connectivity index is 2.57. The molecule has 0 fully saturated rings. The summed E-state index contributed by atoms with van der Waals surface area (Å²) < 4.78 is 35.6. The molecule has 0 saturated carbocycles. The fraction of sp³-hybridized carbons (Fsp3) is 0.182. The molecule has 0 saturated heterocycles. The van der Waals surface area contributed by atoms with E-state index in [0.717, 1.165) is 6.07 Å². The first kappa shape index (κ1) is 15.5. The Hall–Kier alpha value is -2.58. The van der Waals surface area contributed by atoms with Crippen LogP contribution in [0.4, 0.5) is 18.9 Å². The van der Waals surface area contributed by atoms with Crippen LogP contribution in [0.3, 0.4) is 0 Å². The summed E-state index contributed by atoms with van der Waals surface area (Å²) in [6, 6.07) is 5.12. The number of anilines is 1. The number of rotatable bonds is 4. The van der Waals surface area contributed by atoms with Crippen molar-refractivity contribution in [2.45, 2.75) is 6.18 Å². The molecule has 0 unspecified atom stereocenters. The highest BCUT2D eigenvalue weighted by Crippen LogP contribution is 2.14. The molecule has 0 aliphatic carbocycles. The Labute approximate surface area is 110 Å². The summed E-state index contributed by atoms with van der Waals surface area (Å²) in [7, 11) is 0. The number of alkyl halides is 3. The average Bonchev–Trinajstić information content (AvgIpc) is 2.35. The first-order chi connectivity index (χ1) is 9.20. The van der Waals surface area contributed by atoms with E-state index in [-0.39, 0.29) is 11.3 Å². The monoisotopic (exact) mass is 290 g/mol. The lowest BCUT2D eigenvalue weighted by Crippen LogP contribution is -2.41. The lowest BCUT2D eigenvalue weighted by Gasteiger charge is -2.09. The summed E-state index contributed by atoms with van der Waals surface area (Å²) >= 11 is 0. The third-order valence-electron chi connectivity index (χ3n) is 2.06. The van der Waals surface area contributed by atoms with Crippen LogP contribution in [-0.2, 0) is 9.59 Å². The fourth-order valence-corrected chi connectivity index (χ4v) is 1.20. The van der Waals surface area contributed by atoms with Gasteiger partial charge in [-0.3, -0.25) is 9.59 Å². The molecule has 1 aromatic carbocycles. The smallest absolute Gasteiger partial charge is 0.471 e. The minimum atomic E-state index is -5.07. The average molecular weight is 290 g/mol. The minimum Gasteiger partial charge on any atom is -0.478 e. The van der Waals surface area contributed by atoms with Crippen molar-refractivity contribution < 1.29 is 32.7 Å². The van der Waals surface area contributed by atoms with Gasteiger partial charge in [-0.25, -0.2) is 4.79 Å². The van der Waals surface area contributed by atoms with Crippen molar-refractivity contribution in [3.05, 3.63) is 29.8 Å². The number of aromatic carboxylic acids is 1. The second-order valence-corrected chi connectivity index (χ2v) is 3.61. The number of hydrogen-bond acceptors (Lipinski definition) is 3. The molecule has 20 heavy (non-hydrogen) atoms. The van der Waals surface area contributed by atoms with E-state index >= 15 is 0 Å². The quantitative estimate of drug-likeness (QED) is 0.771. The fourth-order valence-electron chi connectivity index (χ4n) is 1.20.